The molecule has 2 rings (SSSR count). The molecule has 2 nitrogen and oxygen atoms in total. The monoisotopic (exact) mass is 285 g/mol. The molecule has 20 heavy (non-hydrogen) atoms. The molecule has 0 heterocycles. The third-order valence-corrected chi connectivity index (χ3v) is 3.92. The van der Waals surface area contributed by atoms with Gasteiger partial charge in [-0.05, 0) is 43.2 Å². The molecule has 0 radical (unpaired) electrons. The SMILES string of the molecule is CC1(C)CCC(NC(=O)c2cc(F)c(F)c(F)c2)CC1. The number of halogens is 3. The Morgan fingerprint density at radius 1 is 1.15 bits per heavy atom. The lowest BCUT2D eigenvalue weighted by Gasteiger charge is -2.34. The van der Waals surface area contributed by atoms with Crippen LogP contribution in [0.5, 0.6) is 0 Å². The molecule has 0 aromatic heterocycles. The van der Waals surface area contributed by atoms with Gasteiger partial charge in [-0.3, -0.25) is 4.79 Å². The number of hydrogen-bond donors (Lipinski definition) is 1. The first-order valence-corrected chi connectivity index (χ1v) is 6.74. The van der Waals surface area contributed by atoms with Gasteiger partial charge in [-0.2, -0.15) is 0 Å². The van der Waals surface area contributed by atoms with E-state index in [1.807, 2.05) is 0 Å². The highest BCUT2D eigenvalue weighted by Crippen LogP contribution is 2.35. The summed E-state index contributed by atoms with van der Waals surface area (Å²) in [5.41, 5.74) is 0.0845. The third-order valence-electron chi connectivity index (χ3n) is 3.92. The van der Waals surface area contributed by atoms with Gasteiger partial charge in [0.05, 0.1) is 0 Å². The Morgan fingerprint density at radius 2 is 1.65 bits per heavy atom. The Balaban J connectivity index is 2.02. The van der Waals surface area contributed by atoms with Gasteiger partial charge in [-0.15, -0.1) is 0 Å². The minimum Gasteiger partial charge on any atom is -0.349 e. The molecule has 5 heteroatoms. The lowest BCUT2D eigenvalue weighted by molar-refractivity contribution is 0.0908. The molecule has 110 valence electrons. The van der Waals surface area contributed by atoms with Gasteiger partial charge >= 0.3 is 0 Å². The standard InChI is InChI=1S/C15H18F3NO/c1-15(2)5-3-10(4-6-15)19-14(20)9-7-11(16)13(18)12(17)8-9/h7-8,10H,3-6H2,1-2H3,(H,19,20). The first-order chi connectivity index (χ1) is 9.28. The first-order valence-electron chi connectivity index (χ1n) is 6.74. The second-order valence-corrected chi connectivity index (χ2v) is 6.17. The van der Waals surface area contributed by atoms with Crippen molar-refractivity contribution >= 4 is 5.91 Å². The van der Waals surface area contributed by atoms with Gasteiger partial charge in [0, 0.05) is 11.6 Å². The predicted molar refractivity (Wildman–Crippen MR) is 69.8 cm³/mol. The number of nitrogens with one attached hydrogen (secondary N) is 1. The molecule has 1 aromatic rings. The van der Waals surface area contributed by atoms with E-state index >= 15 is 0 Å². The maximum Gasteiger partial charge on any atom is 0.251 e. The Morgan fingerprint density at radius 3 is 2.15 bits per heavy atom. The van der Waals surface area contributed by atoms with Crippen LogP contribution in [0.4, 0.5) is 13.2 Å². The molecule has 0 spiro atoms. The number of hydrogen-bond acceptors (Lipinski definition) is 1. The van der Waals surface area contributed by atoms with Crippen LogP contribution in [0.2, 0.25) is 0 Å². The van der Waals surface area contributed by atoms with Gasteiger partial charge in [0.1, 0.15) is 0 Å². The van der Waals surface area contributed by atoms with Crippen molar-refractivity contribution in [2.24, 2.45) is 5.41 Å². The van der Waals surface area contributed by atoms with Crippen LogP contribution in [0, 0.1) is 22.9 Å². The van der Waals surface area contributed by atoms with Crippen LogP contribution in [0.25, 0.3) is 0 Å². The minimum atomic E-state index is -1.55. The summed E-state index contributed by atoms with van der Waals surface area (Å²) in [4.78, 5) is 11.9. The van der Waals surface area contributed by atoms with Gasteiger partial charge in [-0.25, -0.2) is 13.2 Å². The van der Waals surface area contributed by atoms with Crippen LogP contribution in [0.1, 0.15) is 49.9 Å². The summed E-state index contributed by atoms with van der Waals surface area (Å²) in [6.45, 7) is 4.35. The summed E-state index contributed by atoms with van der Waals surface area (Å²) in [7, 11) is 0. The molecule has 0 bridgehead atoms. The smallest absolute Gasteiger partial charge is 0.251 e. The normalized spacial score (nSPS) is 18.9. The minimum absolute atomic E-state index is 0.00620. The van der Waals surface area contributed by atoms with Crippen molar-refractivity contribution in [2.75, 3.05) is 0 Å². The van der Waals surface area contributed by atoms with Crippen LogP contribution >= 0.6 is 0 Å². The van der Waals surface area contributed by atoms with Gasteiger partial charge in [0.25, 0.3) is 5.91 Å². The molecule has 1 N–H and O–H groups in total. The molecule has 0 atom stereocenters. The molecule has 1 amide bonds. The lowest BCUT2D eigenvalue weighted by atomic mass is 9.75. The van der Waals surface area contributed by atoms with E-state index in [0.29, 0.717) is 0 Å². The summed E-state index contributed by atoms with van der Waals surface area (Å²) in [6, 6.07) is 1.45. The van der Waals surface area contributed by atoms with Crippen LogP contribution < -0.4 is 5.32 Å². The average molecular weight is 285 g/mol. The van der Waals surface area contributed by atoms with Gasteiger partial charge in [0.2, 0.25) is 0 Å². The number of carbonyl (C=O) groups is 1. The zero-order valence-electron chi connectivity index (χ0n) is 11.6. The number of benzene rings is 1. The van der Waals surface area contributed by atoms with E-state index < -0.39 is 23.4 Å². The first kappa shape index (κ1) is 14.9. The molecular formula is C15H18F3NO. The number of carbonyl (C=O) groups excluding carboxylic acids is 1. The van der Waals surface area contributed by atoms with E-state index in [9.17, 15) is 18.0 Å². The van der Waals surface area contributed by atoms with Crippen molar-refractivity contribution in [1.82, 2.24) is 5.32 Å². The van der Waals surface area contributed by atoms with Crippen molar-refractivity contribution in [3.05, 3.63) is 35.1 Å². The van der Waals surface area contributed by atoms with Gasteiger partial charge in [-0.1, -0.05) is 13.8 Å². The van der Waals surface area contributed by atoms with E-state index in [2.05, 4.69) is 19.2 Å². The average Bonchev–Trinajstić information content (AvgIpc) is 2.37. The maximum absolute atomic E-state index is 13.1. The molecule has 0 aliphatic heterocycles. The highest BCUT2D eigenvalue weighted by atomic mass is 19.2. The van der Waals surface area contributed by atoms with E-state index in [1.54, 1.807) is 0 Å². The second-order valence-electron chi connectivity index (χ2n) is 6.17. The van der Waals surface area contributed by atoms with E-state index in [4.69, 9.17) is 0 Å². The Kier molecular flexibility index (Phi) is 4.06. The topological polar surface area (TPSA) is 29.1 Å². The van der Waals surface area contributed by atoms with Crippen molar-refractivity contribution < 1.29 is 18.0 Å². The van der Waals surface area contributed by atoms with Crippen LogP contribution in [0.3, 0.4) is 0 Å². The van der Waals surface area contributed by atoms with Crippen LogP contribution in [0.15, 0.2) is 12.1 Å². The molecule has 0 unspecified atom stereocenters. The lowest BCUT2D eigenvalue weighted by Crippen LogP contribution is -2.39. The molecule has 1 aliphatic rings. The summed E-state index contributed by atoms with van der Waals surface area (Å²) in [6.07, 6.45) is 3.66. The van der Waals surface area contributed by atoms with Crippen LogP contribution in [-0.4, -0.2) is 11.9 Å². The Bertz CT molecular complexity index is 495. The molecule has 1 saturated carbocycles. The van der Waals surface area contributed by atoms with E-state index in [1.165, 1.54) is 0 Å². The van der Waals surface area contributed by atoms with Crippen molar-refractivity contribution in [2.45, 2.75) is 45.6 Å². The van der Waals surface area contributed by atoms with Gasteiger partial charge in [0.15, 0.2) is 17.5 Å². The Hall–Kier alpha value is -1.52. The number of amides is 1. The fourth-order valence-electron chi connectivity index (χ4n) is 2.50. The molecular weight excluding hydrogens is 267 g/mol. The van der Waals surface area contributed by atoms with Crippen molar-refractivity contribution in [1.29, 1.82) is 0 Å². The van der Waals surface area contributed by atoms with Crippen molar-refractivity contribution in [3.8, 4) is 0 Å². The largest absolute Gasteiger partial charge is 0.349 e. The zero-order valence-corrected chi connectivity index (χ0v) is 11.6. The molecule has 1 aliphatic carbocycles. The molecule has 1 fully saturated rings. The van der Waals surface area contributed by atoms with E-state index in [-0.39, 0.29) is 17.0 Å². The quantitative estimate of drug-likeness (QED) is 0.823. The van der Waals surface area contributed by atoms with Crippen LogP contribution in [-0.2, 0) is 0 Å². The summed E-state index contributed by atoms with van der Waals surface area (Å²) >= 11 is 0. The summed E-state index contributed by atoms with van der Waals surface area (Å²) in [5, 5.41) is 2.75. The van der Waals surface area contributed by atoms with Gasteiger partial charge < -0.3 is 5.32 Å². The molecule has 1 aromatic carbocycles. The summed E-state index contributed by atoms with van der Waals surface area (Å²) < 4.78 is 39.0. The third kappa shape index (κ3) is 3.32. The Labute approximate surface area is 116 Å². The van der Waals surface area contributed by atoms with Crippen molar-refractivity contribution in [3.63, 3.8) is 0 Å². The highest BCUT2D eigenvalue weighted by molar-refractivity contribution is 5.94. The number of rotatable bonds is 2. The van der Waals surface area contributed by atoms with E-state index in [0.717, 1.165) is 37.8 Å². The second kappa shape index (κ2) is 5.46. The molecule has 0 saturated heterocycles. The summed E-state index contributed by atoms with van der Waals surface area (Å²) in [5.74, 6) is -4.81. The fraction of sp³-hybridized carbons (Fsp3) is 0.533. The predicted octanol–water partition coefficient (Wildman–Crippen LogP) is 3.80. The fourth-order valence-corrected chi connectivity index (χ4v) is 2.50. The highest BCUT2D eigenvalue weighted by Gasteiger charge is 2.28. The maximum atomic E-state index is 13.1. The zero-order chi connectivity index (χ0) is 14.9.